The lowest BCUT2D eigenvalue weighted by Crippen LogP contribution is -2.57. The fourth-order valence-electron chi connectivity index (χ4n) is 6.14. The molecule has 0 saturated carbocycles. The van der Waals surface area contributed by atoms with E-state index < -0.39 is 0 Å². The van der Waals surface area contributed by atoms with Crippen LogP contribution in [0.25, 0.3) is 10.4 Å². The van der Waals surface area contributed by atoms with Crippen LogP contribution in [-0.2, 0) is 11.2 Å². The molecule has 51 heavy (non-hydrogen) atoms. The highest BCUT2D eigenvalue weighted by Crippen LogP contribution is 2.42. The Balaban J connectivity index is 0.000000255. The van der Waals surface area contributed by atoms with Crippen molar-refractivity contribution in [1.29, 1.82) is 0 Å². The lowest BCUT2D eigenvalue weighted by Gasteiger charge is -2.51. The Morgan fingerprint density at radius 1 is 1.16 bits per heavy atom. The van der Waals surface area contributed by atoms with Gasteiger partial charge in [0.15, 0.2) is 0 Å². The number of aromatic nitrogens is 1. The molecule has 2 aliphatic rings. The van der Waals surface area contributed by atoms with E-state index in [9.17, 15) is 14.0 Å². The van der Waals surface area contributed by atoms with Crippen LogP contribution < -0.4 is 27.0 Å². The molecule has 0 spiro atoms. The maximum atomic E-state index is 13.2. The van der Waals surface area contributed by atoms with Gasteiger partial charge in [-0.15, -0.1) is 17.9 Å². The molecular weight excluding hydrogens is 686 g/mol. The van der Waals surface area contributed by atoms with Gasteiger partial charge in [-0.2, -0.15) is 0 Å². The predicted molar refractivity (Wildman–Crippen MR) is 212 cm³/mol. The molecule has 13 heteroatoms. The number of aldehydes is 1. The minimum Gasteiger partial charge on any atom is -0.389 e. The summed E-state index contributed by atoms with van der Waals surface area (Å²) in [4.78, 5) is 41.7. The van der Waals surface area contributed by atoms with E-state index >= 15 is 0 Å². The molecule has 2 aromatic heterocycles. The maximum absolute atomic E-state index is 13.2. The van der Waals surface area contributed by atoms with E-state index in [0.717, 1.165) is 80.6 Å². The second-order valence-corrected chi connectivity index (χ2v) is 13.6. The Morgan fingerprint density at radius 2 is 1.84 bits per heavy atom. The summed E-state index contributed by atoms with van der Waals surface area (Å²) in [7, 11) is 0. The Morgan fingerprint density at radius 3 is 2.45 bits per heavy atom. The highest BCUT2D eigenvalue weighted by molar-refractivity contribution is 7.78. The molecule has 2 amide bonds. The number of allylic oxidation sites excluding steroid dienone is 1. The van der Waals surface area contributed by atoms with Gasteiger partial charge >= 0.3 is 0 Å². The number of halogens is 1. The number of thiophene rings is 1. The van der Waals surface area contributed by atoms with E-state index in [0.29, 0.717) is 16.8 Å². The first-order valence-corrected chi connectivity index (χ1v) is 17.6. The van der Waals surface area contributed by atoms with Crippen molar-refractivity contribution >= 4 is 66.3 Å². The SMILES string of the molecule is C=CCC1(CCC)CN(c2ncc(C)cc2C(=O)Nc2ccc(C=O)cc2)C1.Cc1cc2c(s1)-c1ccc(F)cc1NCC2.N/C=N\S.NC=O. The summed E-state index contributed by atoms with van der Waals surface area (Å²) >= 11 is 5.15. The van der Waals surface area contributed by atoms with Crippen molar-refractivity contribution in [1.82, 2.24) is 4.98 Å². The molecule has 6 N–H and O–H groups in total. The number of amides is 2. The molecule has 4 heterocycles. The third kappa shape index (κ3) is 11.2. The lowest BCUT2D eigenvalue weighted by molar-refractivity contribution is -0.106. The largest absolute Gasteiger partial charge is 0.389 e. The van der Waals surface area contributed by atoms with Gasteiger partial charge in [0.05, 0.1) is 11.9 Å². The summed E-state index contributed by atoms with van der Waals surface area (Å²) in [5.74, 6) is 0.355. The lowest BCUT2D eigenvalue weighted by atomic mass is 9.73. The van der Waals surface area contributed by atoms with E-state index in [4.69, 9.17) is 4.79 Å². The summed E-state index contributed by atoms with van der Waals surface area (Å²) in [6.07, 6.45) is 10.2. The molecule has 1 saturated heterocycles. The zero-order valence-corrected chi connectivity index (χ0v) is 30.9. The average Bonchev–Trinajstić information content (AvgIpc) is 3.39. The van der Waals surface area contributed by atoms with Crippen molar-refractivity contribution in [2.24, 2.45) is 21.3 Å². The third-order valence-electron chi connectivity index (χ3n) is 8.20. The molecule has 6 rings (SSSR count). The van der Waals surface area contributed by atoms with Crippen molar-refractivity contribution in [3.63, 3.8) is 0 Å². The first-order chi connectivity index (χ1) is 24.6. The van der Waals surface area contributed by atoms with Crippen molar-refractivity contribution in [2.75, 3.05) is 35.2 Å². The highest BCUT2D eigenvalue weighted by Gasteiger charge is 2.42. The monoisotopic (exact) mass is 731 g/mol. The molecule has 4 aromatic rings. The smallest absolute Gasteiger partial charge is 0.259 e. The van der Waals surface area contributed by atoms with Crippen molar-refractivity contribution in [2.45, 2.75) is 46.5 Å². The molecule has 10 nitrogen and oxygen atoms in total. The molecule has 270 valence electrons. The van der Waals surface area contributed by atoms with Crippen LogP contribution in [0.5, 0.6) is 0 Å². The Bertz CT molecular complexity index is 1800. The minimum atomic E-state index is -0.193. The number of hydrogen-bond acceptors (Lipinski definition) is 9. The minimum absolute atomic E-state index is 0.178. The normalized spacial score (nSPS) is 13.4. The van der Waals surface area contributed by atoms with Crippen LogP contribution in [0, 0.1) is 25.1 Å². The molecule has 2 aliphatic heterocycles. The number of nitrogens with two attached hydrogens (primary N) is 2. The zero-order valence-electron chi connectivity index (χ0n) is 29.2. The molecule has 0 aliphatic carbocycles. The first kappa shape index (κ1) is 40.4. The number of anilines is 3. The van der Waals surface area contributed by atoms with E-state index in [1.54, 1.807) is 47.9 Å². The average molecular weight is 732 g/mol. The van der Waals surface area contributed by atoms with Crippen LogP contribution >= 0.6 is 24.2 Å². The van der Waals surface area contributed by atoms with Gasteiger partial charge < -0.3 is 27.0 Å². The van der Waals surface area contributed by atoms with Gasteiger partial charge in [0, 0.05) is 63.5 Å². The molecule has 1 fully saturated rings. The Kier molecular flexibility index (Phi) is 15.8. The number of primary amides is 1. The van der Waals surface area contributed by atoms with Gasteiger partial charge in [0.1, 0.15) is 17.9 Å². The molecule has 0 bridgehead atoms. The molecule has 0 atom stereocenters. The van der Waals surface area contributed by atoms with Crippen LogP contribution in [0.15, 0.2) is 77.8 Å². The summed E-state index contributed by atoms with van der Waals surface area (Å²) in [5.41, 5.74) is 15.2. The molecule has 2 aromatic carbocycles. The topological polar surface area (TPSA) is 156 Å². The number of fused-ring (bicyclic) bond motifs is 3. The van der Waals surface area contributed by atoms with Gasteiger partial charge in [-0.25, -0.2) is 13.8 Å². The second-order valence-electron chi connectivity index (χ2n) is 12.2. The number of pyridine rings is 1. The van der Waals surface area contributed by atoms with E-state index in [2.05, 4.69) is 75.7 Å². The molecular formula is C38H46FN7O3S2. The van der Waals surface area contributed by atoms with Crippen LogP contribution in [0.1, 0.15) is 62.9 Å². The fraction of sp³-hybridized carbons (Fsp3) is 0.289. The zero-order chi connectivity index (χ0) is 37.4. The predicted octanol–water partition coefficient (Wildman–Crippen LogP) is 7.39. The molecule has 0 unspecified atom stereocenters. The van der Waals surface area contributed by atoms with Crippen LogP contribution in [0.2, 0.25) is 0 Å². The van der Waals surface area contributed by atoms with Gasteiger partial charge in [-0.3, -0.25) is 14.4 Å². The number of carbonyl (C=O) groups excluding carboxylic acids is 3. The third-order valence-corrected chi connectivity index (χ3v) is 9.46. The van der Waals surface area contributed by atoms with Crippen molar-refractivity contribution in [3.05, 3.63) is 106 Å². The second kappa shape index (κ2) is 20.0. The maximum Gasteiger partial charge on any atom is 0.259 e. The summed E-state index contributed by atoms with van der Waals surface area (Å²) in [6, 6.07) is 15.9. The number of aryl methyl sites for hydroxylation is 2. The quantitative estimate of drug-likeness (QED) is 0.0416. The van der Waals surface area contributed by atoms with Crippen LogP contribution in [0.4, 0.5) is 21.6 Å². The standard InChI is InChI=1S/C23H27N3O2.C13H12FNS.CH4N2S.CH3NO/c1-4-10-23(11-5-2)15-26(16-23)21-20(12-17(3)13-24-21)22(28)25-19-8-6-18(14-27)7-9-19;1-8-6-9-4-5-15-12-7-10(14)2-3-11(12)13(9)16-8;2-1-3-4;2-1-3/h4,6-9,12-14H,1,5,10-11,15-16H2,2-3H3,(H,25,28);2-3,6-7,15H,4-5H2,1H3;1,4H,(H2,2,3);1H,(H2,2,3). The van der Waals surface area contributed by atoms with Gasteiger partial charge in [-0.05, 0) is 112 Å². The summed E-state index contributed by atoms with van der Waals surface area (Å²) < 4.78 is 16.3. The van der Waals surface area contributed by atoms with Crippen molar-refractivity contribution < 1.29 is 18.8 Å². The number of nitrogens with zero attached hydrogens (tertiary/aromatic N) is 3. The molecule has 0 radical (unpaired) electrons. The summed E-state index contributed by atoms with van der Waals surface area (Å²) in [6.45, 7) is 12.8. The number of nitrogens with one attached hydrogen (secondary N) is 2. The number of benzene rings is 2. The number of carbonyl (C=O) groups is 3. The fourth-order valence-corrected chi connectivity index (χ4v) is 7.24. The highest BCUT2D eigenvalue weighted by atomic mass is 32.1. The van der Waals surface area contributed by atoms with E-state index in [1.165, 1.54) is 21.4 Å². The van der Waals surface area contributed by atoms with Gasteiger partial charge in [-0.1, -0.05) is 19.4 Å². The summed E-state index contributed by atoms with van der Waals surface area (Å²) in [5, 5.41) is 6.20. The van der Waals surface area contributed by atoms with Crippen LogP contribution in [0.3, 0.4) is 0 Å². The van der Waals surface area contributed by atoms with Gasteiger partial charge in [0.2, 0.25) is 6.41 Å². The first-order valence-electron chi connectivity index (χ1n) is 16.4. The van der Waals surface area contributed by atoms with Crippen LogP contribution in [-0.4, -0.2) is 49.6 Å². The number of rotatable bonds is 8. The van der Waals surface area contributed by atoms with Crippen molar-refractivity contribution in [3.8, 4) is 10.4 Å². The Hall–Kier alpha value is -5.01. The number of hydrogen-bond donors (Lipinski definition) is 5. The van der Waals surface area contributed by atoms with Gasteiger partial charge in [0.25, 0.3) is 5.91 Å². The Labute approximate surface area is 308 Å². The van der Waals surface area contributed by atoms with E-state index in [1.807, 2.05) is 25.1 Å². The number of thiol groups is 1. The van der Waals surface area contributed by atoms with E-state index in [-0.39, 0.29) is 23.5 Å².